The van der Waals surface area contributed by atoms with Crippen LogP contribution in [0, 0.1) is 0 Å². The second kappa shape index (κ2) is 15.8. The van der Waals surface area contributed by atoms with E-state index in [1.54, 1.807) is 7.11 Å². The van der Waals surface area contributed by atoms with E-state index in [4.69, 9.17) is 18.9 Å². The fraction of sp³-hybridized carbons (Fsp3) is 0.769. The molecular weight excluding hydrogens is 376 g/mol. The van der Waals surface area contributed by atoms with Gasteiger partial charge in [-0.05, 0) is 37.7 Å². The minimum Gasteiger partial charge on any atom is -0.365 e. The van der Waals surface area contributed by atoms with Crippen molar-refractivity contribution in [3.8, 4) is 0 Å². The van der Waals surface area contributed by atoms with Gasteiger partial charge in [-0.3, -0.25) is 0 Å². The average Bonchev–Trinajstić information content (AvgIpc) is 2.79. The van der Waals surface area contributed by atoms with Gasteiger partial charge in [-0.2, -0.15) is 0 Å². The maximum absolute atomic E-state index is 6.42. The van der Waals surface area contributed by atoms with Crippen molar-refractivity contribution >= 4 is 0 Å². The van der Waals surface area contributed by atoms with Crippen molar-refractivity contribution in [2.75, 3.05) is 26.9 Å². The van der Waals surface area contributed by atoms with Crippen LogP contribution in [0.4, 0.5) is 0 Å². The van der Waals surface area contributed by atoms with Crippen LogP contribution in [0.2, 0.25) is 0 Å². The van der Waals surface area contributed by atoms with Gasteiger partial charge in [0.15, 0.2) is 5.60 Å². The van der Waals surface area contributed by atoms with Gasteiger partial charge in [0.05, 0.1) is 19.8 Å². The monoisotopic (exact) mass is 422 g/mol. The number of benzene rings is 1. The number of unbranched alkanes of at least 4 members (excludes halogenated alkanes) is 5. The number of ether oxygens (including phenoxy) is 4. The Morgan fingerprint density at radius 2 is 1.13 bits per heavy atom. The van der Waals surface area contributed by atoms with Crippen LogP contribution in [0.25, 0.3) is 0 Å². The van der Waals surface area contributed by atoms with E-state index in [0.29, 0.717) is 19.8 Å². The molecular formula is C26H46O4. The first-order valence-corrected chi connectivity index (χ1v) is 12.2. The minimum absolute atomic E-state index is 0.557. The zero-order valence-corrected chi connectivity index (χ0v) is 20.2. The van der Waals surface area contributed by atoms with Gasteiger partial charge < -0.3 is 18.9 Å². The third-order valence-electron chi connectivity index (χ3n) is 5.45. The van der Waals surface area contributed by atoms with Crippen LogP contribution in [0.3, 0.4) is 0 Å². The molecule has 174 valence electrons. The molecule has 0 spiro atoms. The maximum atomic E-state index is 6.42. The first-order valence-electron chi connectivity index (χ1n) is 12.2. The Hall–Kier alpha value is -0.940. The van der Waals surface area contributed by atoms with Gasteiger partial charge in [0.25, 0.3) is 0 Å². The van der Waals surface area contributed by atoms with E-state index in [1.165, 1.54) is 32.1 Å². The molecule has 0 radical (unpaired) electrons. The number of hydrogen-bond donors (Lipinski definition) is 0. The molecule has 0 aliphatic rings. The Kier molecular flexibility index (Phi) is 14.3. The van der Waals surface area contributed by atoms with Crippen molar-refractivity contribution in [3.05, 3.63) is 35.9 Å². The van der Waals surface area contributed by atoms with Crippen LogP contribution in [0.15, 0.2) is 30.3 Å². The standard InChI is InChI=1S/C26H46O4/c1-6-10-11-12-13-17-20-25(27-5,24-18-15-14-16-19-24)26(28-21-7-2,29-22-8-3)30-23-9-4/h14-16,18-19H,6-13,17,20-23H2,1-5H3. The van der Waals surface area contributed by atoms with E-state index in [0.717, 1.165) is 37.7 Å². The SMILES string of the molecule is CCCCCCCCC(OC)(c1ccccc1)C(OCCC)(OCCC)OCCC. The highest BCUT2D eigenvalue weighted by molar-refractivity contribution is 5.25. The summed E-state index contributed by atoms with van der Waals surface area (Å²) in [6.07, 6.45) is 10.8. The van der Waals surface area contributed by atoms with Crippen LogP contribution in [-0.2, 0) is 24.5 Å². The van der Waals surface area contributed by atoms with Crippen molar-refractivity contribution in [3.63, 3.8) is 0 Å². The fourth-order valence-corrected chi connectivity index (χ4v) is 3.86. The first-order chi connectivity index (χ1) is 14.7. The second-order valence-corrected chi connectivity index (χ2v) is 8.02. The number of rotatable bonds is 19. The van der Waals surface area contributed by atoms with E-state index >= 15 is 0 Å². The summed E-state index contributed by atoms with van der Waals surface area (Å²) in [5.41, 5.74) is 0.225. The van der Waals surface area contributed by atoms with Crippen molar-refractivity contribution in [1.29, 1.82) is 0 Å². The summed E-state index contributed by atoms with van der Waals surface area (Å²) >= 11 is 0. The van der Waals surface area contributed by atoms with Gasteiger partial charge in [0, 0.05) is 7.11 Å². The topological polar surface area (TPSA) is 36.9 Å². The summed E-state index contributed by atoms with van der Waals surface area (Å²) in [7, 11) is 1.76. The van der Waals surface area contributed by atoms with E-state index in [9.17, 15) is 0 Å². The molecule has 0 aromatic heterocycles. The highest BCUT2D eigenvalue weighted by Crippen LogP contribution is 2.45. The Balaban J connectivity index is 3.30. The largest absolute Gasteiger partial charge is 0.365 e. The van der Waals surface area contributed by atoms with Crippen LogP contribution in [0.5, 0.6) is 0 Å². The van der Waals surface area contributed by atoms with E-state index < -0.39 is 11.6 Å². The predicted molar refractivity (Wildman–Crippen MR) is 125 cm³/mol. The van der Waals surface area contributed by atoms with Crippen molar-refractivity contribution in [2.24, 2.45) is 0 Å². The highest BCUT2D eigenvalue weighted by Gasteiger charge is 2.57. The summed E-state index contributed by atoms with van der Waals surface area (Å²) < 4.78 is 25.6. The van der Waals surface area contributed by atoms with Gasteiger partial charge in [0.1, 0.15) is 0 Å². The van der Waals surface area contributed by atoms with Crippen LogP contribution < -0.4 is 0 Å². The summed E-state index contributed by atoms with van der Waals surface area (Å²) in [5, 5.41) is 0. The van der Waals surface area contributed by atoms with Gasteiger partial charge in [-0.25, -0.2) is 0 Å². The molecule has 0 heterocycles. The van der Waals surface area contributed by atoms with Crippen LogP contribution in [0.1, 0.15) is 97.5 Å². The molecule has 1 aromatic rings. The molecule has 1 rings (SSSR count). The van der Waals surface area contributed by atoms with Gasteiger partial charge in [0.2, 0.25) is 0 Å². The Morgan fingerprint density at radius 3 is 1.60 bits per heavy atom. The first kappa shape index (κ1) is 27.1. The van der Waals surface area contributed by atoms with E-state index in [2.05, 4.69) is 52.0 Å². The molecule has 0 aliphatic heterocycles. The lowest BCUT2D eigenvalue weighted by Crippen LogP contribution is -2.59. The molecule has 4 heteroatoms. The molecule has 1 atom stereocenters. The smallest absolute Gasteiger partial charge is 0.318 e. The number of methoxy groups -OCH3 is 1. The van der Waals surface area contributed by atoms with Crippen molar-refractivity contribution in [1.82, 2.24) is 0 Å². The molecule has 4 nitrogen and oxygen atoms in total. The zero-order valence-electron chi connectivity index (χ0n) is 20.2. The molecule has 30 heavy (non-hydrogen) atoms. The third-order valence-corrected chi connectivity index (χ3v) is 5.45. The molecule has 0 aliphatic carbocycles. The molecule has 0 fully saturated rings. The molecule has 0 N–H and O–H groups in total. The van der Waals surface area contributed by atoms with Gasteiger partial charge in [-0.15, -0.1) is 0 Å². The Morgan fingerprint density at radius 1 is 0.633 bits per heavy atom. The number of hydrogen-bond acceptors (Lipinski definition) is 4. The molecule has 1 aromatic carbocycles. The van der Waals surface area contributed by atoms with Gasteiger partial charge in [-0.1, -0.05) is 90.1 Å². The summed E-state index contributed by atoms with van der Waals surface area (Å²) in [5.74, 6) is -1.26. The van der Waals surface area contributed by atoms with Crippen molar-refractivity contribution < 1.29 is 18.9 Å². The normalized spacial score (nSPS) is 14.0. The van der Waals surface area contributed by atoms with Crippen molar-refractivity contribution in [2.45, 2.75) is 103 Å². The highest BCUT2D eigenvalue weighted by atomic mass is 16.9. The van der Waals surface area contributed by atoms with E-state index in [1.807, 2.05) is 6.07 Å². The molecule has 0 bridgehead atoms. The lowest BCUT2D eigenvalue weighted by Gasteiger charge is -2.48. The lowest BCUT2D eigenvalue weighted by molar-refractivity contribution is -0.451. The van der Waals surface area contributed by atoms with Gasteiger partial charge >= 0.3 is 5.97 Å². The third kappa shape index (κ3) is 7.64. The lowest BCUT2D eigenvalue weighted by atomic mass is 9.84. The molecule has 0 amide bonds. The summed E-state index contributed by atoms with van der Waals surface area (Å²) in [6.45, 7) is 10.2. The molecule has 0 saturated carbocycles. The summed E-state index contributed by atoms with van der Waals surface area (Å²) in [4.78, 5) is 0. The molecule has 0 saturated heterocycles. The summed E-state index contributed by atoms with van der Waals surface area (Å²) in [6, 6.07) is 10.3. The zero-order chi connectivity index (χ0) is 22.1. The minimum atomic E-state index is -1.26. The average molecular weight is 423 g/mol. The predicted octanol–water partition coefficient (Wildman–Crippen LogP) is 7.21. The van der Waals surface area contributed by atoms with Crippen LogP contribution >= 0.6 is 0 Å². The fourth-order valence-electron chi connectivity index (χ4n) is 3.86. The quantitative estimate of drug-likeness (QED) is 0.174. The molecule has 1 unspecified atom stereocenters. The Bertz CT molecular complexity index is 497. The Labute approximate surface area is 185 Å². The second-order valence-electron chi connectivity index (χ2n) is 8.02. The van der Waals surface area contributed by atoms with E-state index in [-0.39, 0.29) is 0 Å². The van der Waals surface area contributed by atoms with Crippen LogP contribution in [-0.4, -0.2) is 32.9 Å². The maximum Gasteiger partial charge on any atom is 0.318 e.